The van der Waals surface area contributed by atoms with Crippen LogP contribution in [-0.4, -0.2) is 89.1 Å². The van der Waals surface area contributed by atoms with Gasteiger partial charge in [0.05, 0.1) is 18.8 Å². The van der Waals surface area contributed by atoms with Crippen LogP contribution in [0.3, 0.4) is 0 Å². The van der Waals surface area contributed by atoms with E-state index in [1.807, 2.05) is 18.2 Å². The van der Waals surface area contributed by atoms with E-state index in [0.717, 1.165) is 5.82 Å². The first-order chi connectivity index (χ1) is 15.0. The summed E-state index contributed by atoms with van der Waals surface area (Å²) in [5.41, 5.74) is 0. The predicted molar refractivity (Wildman–Crippen MR) is 109 cm³/mol. The SMILES string of the molecule is O=C(NCC1OC(CC(=O)N2CCN(c3ccccn3)CC2)C(O)C1O)c1ccco1. The van der Waals surface area contributed by atoms with Gasteiger partial charge in [-0.25, -0.2) is 4.98 Å². The molecule has 2 saturated heterocycles. The van der Waals surface area contributed by atoms with Crippen molar-refractivity contribution in [1.29, 1.82) is 0 Å². The number of rotatable bonds is 6. The molecule has 2 aliphatic heterocycles. The van der Waals surface area contributed by atoms with Gasteiger partial charge in [-0.05, 0) is 24.3 Å². The Morgan fingerprint density at radius 3 is 2.52 bits per heavy atom. The highest BCUT2D eigenvalue weighted by Gasteiger charge is 2.44. The quantitative estimate of drug-likeness (QED) is 0.567. The van der Waals surface area contributed by atoms with E-state index in [4.69, 9.17) is 9.15 Å². The standard InChI is InChI=1S/C21H26N4O6/c26-18(25-9-7-24(8-10-25)17-5-1-2-6-22-17)12-15-19(27)20(28)16(31-15)13-23-21(29)14-4-3-11-30-14/h1-6,11,15-16,19-20,27-28H,7-10,12-13H2,(H,23,29). The third-order valence-corrected chi connectivity index (χ3v) is 5.65. The lowest BCUT2D eigenvalue weighted by Crippen LogP contribution is -2.50. The molecule has 4 unspecified atom stereocenters. The van der Waals surface area contributed by atoms with E-state index in [-0.39, 0.29) is 24.6 Å². The summed E-state index contributed by atoms with van der Waals surface area (Å²) in [6, 6.07) is 8.84. The lowest BCUT2D eigenvalue weighted by molar-refractivity contribution is -0.135. The minimum Gasteiger partial charge on any atom is -0.459 e. The van der Waals surface area contributed by atoms with Crippen molar-refractivity contribution < 1.29 is 29.0 Å². The van der Waals surface area contributed by atoms with E-state index in [0.29, 0.717) is 26.2 Å². The second-order valence-electron chi connectivity index (χ2n) is 7.64. The van der Waals surface area contributed by atoms with Gasteiger partial charge in [0, 0.05) is 38.9 Å². The predicted octanol–water partition coefficient (Wildman–Crippen LogP) is -0.367. The zero-order valence-corrected chi connectivity index (χ0v) is 17.0. The van der Waals surface area contributed by atoms with Crippen molar-refractivity contribution in [1.82, 2.24) is 15.2 Å². The smallest absolute Gasteiger partial charge is 0.287 e. The number of aliphatic hydroxyl groups excluding tert-OH is 2. The maximum atomic E-state index is 12.7. The van der Waals surface area contributed by atoms with E-state index in [1.54, 1.807) is 17.2 Å². The Labute approximate surface area is 179 Å². The van der Waals surface area contributed by atoms with Crippen molar-refractivity contribution >= 4 is 17.6 Å². The largest absolute Gasteiger partial charge is 0.459 e. The summed E-state index contributed by atoms with van der Waals surface area (Å²) >= 11 is 0. The van der Waals surface area contributed by atoms with Gasteiger partial charge in [-0.3, -0.25) is 9.59 Å². The minimum absolute atomic E-state index is 0.00873. The number of piperazine rings is 1. The minimum atomic E-state index is -1.20. The van der Waals surface area contributed by atoms with Gasteiger partial charge < -0.3 is 34.5 Å². The van der Waals surface area contributed by atoms with E-state index in [2.05, 4.69) is 15.2 Å². The number of aliphatic hydroxyl groups is 2. The third kappa shape index (κ3) is 4.87. The van der Waals surface area contributed by atoms with Gasteiger partial charge in [0.25, 0.3) is 5.91 Å². The highest BCUT2D eigenvalue weighted by atomic mass is 16.5. The van der Waals surface area contributed by atoms with Crippen LogP contribution in [0.2, 0.25) is 0 Å². The summed E-state index contributed by atoms with van der Waals surface area (Å²) in [4.78, 5) is 32.9. The van der Waals surface area contributed by atoms with Crippen molar-refractivity contribution in [3.63, 3.8) is 0 Å². The number of ether oxygens (including phenoxy) is 1. The molecule has 2 aromatic heterocycles. The highest BCUT2D eigenvalue weighted by Crippen LogP contribution is 2.24. The highest BCUT2D eigenvalue weighted by molar-refractivity contribution is 5.91. The van der Waals surface area contributed by atoms with Crippen LogP contribution in [0.25, 0.3) is 0 Å². The van der Waals surface area contributed by atoms with Gasteiger partial charge in [0.15, 0.2) is 5.76 Å². The number of pyridine rings is 1. The second-order valence-corrected chi connectivity index (χ2v) is 7.64. The van der Waals surface area contributed by atoms with Crippen LogP contribution in [0.15, 0.2) is 47.2 Å². The van der Waals surface area contributed by atoms with Gasteiger partial charge >= 0.3 is 0 Å². The molecule has 0 radical (unpaired) electrons. The molecule has 2 aliphatic rings. The molecule has 0 bridgehead atoms. The molecule has 10 nitrogen and oxygen atoms in total. The molecule has 0 aromatic carbocycles. The molecular weight excluding hydrogens is 404 g/mol. The van der Waals surface area contributed by atoms with Crippen molar-refractivity contribution in [3.8, 4) is 0 Å². The maximum absolute atomic E-state index is 12.7. The number of furan rings is 1. The van der Waals surface area contributed by atoms with E-state index < -0.39 is 30.3 Å². The normalized spacial score (nSPS) is 26.1. The number of nitrogens with zero attached hydrogens (tertiary/aromatic N) is 3. The molecule has 2 amide bonds. The number of amides is 2. The zero-order chi connectivity index (χ0) is 21.8. The first-order valence-corrected chi connectivity index (χ1v) is 10.3. The number of carbonyl (C=O) groups excluding carboxylic acids is 2. The van der Waals surface area contributed by atoms with E-state index in [9.17, 15) is 19.8 Å². The monoisotopic (exact) mass is 430 g/mol. The Morgan fingerprint density at radius 2 is 1.84 bits per heavy atom. The van der Waals surface area contributed by atoms with Crippen LogP contribution in [0.1, 0.15) is 17.0 Å². The summed E-state index contributed by atoms with van der Waals surface area (Å²) in [5, 5.41) is 23.2. The third-order valence-electron chi connectivity index (χ3n) is 5.65. The number of nitrogens with one attached hydrogen (secondary N) is 1. The molecule has 4 atom stereocenters. The Kier molecular flexibility index (Phi) is 6.50. The molecule has 2 aromatic rings. The molecule has 4 rings (SSSR count). The number of carbonyl (C=O) groups is 2. The Morgan fingerprint density at radius 1 is 1.06 bits per heavy atom. The average Bonchev–Trinajstić information content (AvgIpc) is 3.43. The van der Waals surface area contributed by atoms with Crippen molar-refractivity contribution in [2.45, 2.75) is 30.8 Å². The van der Waals surface area contributed by atoms with Crippen LogP contribution in [0.5, 0.6) is 0 Å². The lowest BCUT2D eigenvalue weighted by atomic mass is 10.0. The summed E-state index contributed by atoms with van der Waals surface area (Å²) in [5.74, 6) is 0.439. The fourth-order valence-corrected chi connectivity index (χ4v) is 3.88. The summed E-state index contributed by atoms with van der Waals surface area (Å²) < 4.78 is 10.7. The molecule has 166 valence electrons. The number of hydrogen-bond donors (Lipinski definition) is 3. The fourth-order valence-electron chi connectivity index (χ4n) is 3.88. The van der Waals surface area contributed by atoms with Crippen LogP contribution in [0.4, 0.5) is 5.82 Å². The molecule has 2 fully saturated rings. The summed E-state index contributed by atoms with van der Waals surface area (Å²) in [7, 11) is 0. The van der Waals surface area contributed by atoms with Crippen molar-refractivity contribution in [3.05, 3.63) is 48.6 Å². The summed E-state index contributed by atoms with van der Waals surface area (Å²) in [6.45, 7) is 2.42. The van der Waals surface area contributed by atoms with Gasteiger partial charge in [-0.2, -0.15) is 0 Å². The maximum Gasteiger partial charge on any atom is 0.287 e. The molecular formula is C21H26N4O6. The first-order valence-electron chi connectivity index (χ1n) is 10.3. The average molecular weight is 430 g/mol. The van der Waals surface area contributed by atoms with Gasteiger partial charge in [0.1, 0.15) is 24.1 Å². The number of hydrogen-bond acceptors (Lipinski definition) is 8. The van der Waals surface area contributed by atoms with Gasteiger partial charge in [-0.15, -0.1) is 0 Å². The van der Waals surface area contributed by atoms with Crippen LogP contribution >= 0.6 is 0 Å². The molecule has 3 N–H and O–H groups in total. The lowest BCUT2D eigenvalue weighted by Gasteiger charge is -2.36. The summed E-state index contributed by atoms with van der Waals surface area (Å²) in [6.07, 6.45) is -0.957. The molecule has 31 heavy (non-hydrogen) atoms. The van der Waals surface area contributed by atoms with Gasteiger partial charge in [-0.1, -0.05) is 6.07 Å². The molecule has 0 aliphatic carbocycles. The van der Waals surface area contributed by atoms with E-state index in [1.165, 1.54) is 12.3 Å². The second kappa shape index (κ2) is 9.46. The van der Waals surface area contributed by atoms with Crippen LogP contribution in [0, 0.1) is 0 Å². The Bertz CT molecular complexity index is 869. The topological polar surface area (TPSA) is 128 Å². The molecule has 0 saturated carbocycles. The fraction of sp³-hybridized carbons (Fsp3) is 0.476. The Hall–Kier alpha value is -2.95. The van der Waals surface area contributed by atoms with E-state index >= 15 is 0 Å². The van der Waals surface area contributed by atoms with Crippen LogP contribution < -0.4 is 10.2 Å². The zero-order valence-electron chi connectivity index (χ0n) is 17.0. The van der Waals surface area contributed by atoms with Crippen molar-refractivity contribution in [2.24, 2.45) is 0 Å². The first kappa shape index (κ1) is 21.3. The van der Waals surface area contributed by atoms with Crippen LogP contribution in [-0.2, 0) is 9.53 Å². The number of aromatic nitrogens is 1. The Balaban J connectivity index is 1.25. The van der Waals surface area contributed by atoms with Crippen molar-refractivity contribution in [2.75, 3.05) is 37.6 Å². The molecule has 4 heterocycles. The number of anilines is 1. The molecule has 0 spiro atoms. The van der Waals surface area contributed by atoms with Gasteiger partial charge in [0.2, 0.25) is 5.91 Å². The molecule has 10 heteroatoms.